The van der Waals surface area contributed by atoms with E-state index < -0.39 is 0 Å². The number of aryl methyl sites for hydroxylation is 1. The van der Waals surface area contributed by atoms with Crippen molar-refractivity contribution in [3.8, 4) is 0 Å². The summed E-state index contributed by atoms with van der Waals surface area (Å²) in [6, 6.07) is 1.89. The molecule has 0 amide bonds. The third kappa shape index (κ3) is 1.01. The van der Waals surface area contributed by atoms with Gasteiger partial charge in [-0.2, -0.15) is 4.37 Å². The Morgan fingerprint density at radius 2 is 2.62 bits per heavy atom. The maximum absolute atomic E-state index is 5.08. The standard InChI is InChI=1S/C4H5BN2S/c1-3-2-4(6-5)8-7-3/h2,6H,1H3. The van der Waals surface area contributed by atoms with Gasteiger partial charge in [0, 0.05) is 0 Å². The van der Waals surface area contributed by atoms with Gasteiger partial charge in [0.25, 0.3) is 0 Å². The predicted molar refractivity (Wildman–Crippen MR) is 36.2 cm³/mol. The molecule has 0 saturated heterocycles. The molecular weight excluding hydrogens is 119 g/mol. The number of hydrogen-bond acceptors (Lipinski definition) is 3. The molecule has 0 aliphatic carbocycles. The molecule has 40 valence electrons. The summed E-state index contributed by atoms with van der Waals surface area (Å²) in [5.41, 5.74) is 1.00. The first kappa shape index (κ1) is 5.63. The van der Waals surface area contributed by atoms with Crippen molar-refractivity contribution in [2.75, 3.05) is 5.23 Å². The molecule has 0 saturated carbocycles. The summed E-state index contributed by atoms with van der Waals surface area (Å²) >= 11 is 1.36. The van der Waals surface area contributed by atoms with Gasteiger partial charge in [0.2, 0.25) is 7.98 Å². The van der Waals surface area contributed by atoms with Crippen LogP contribution < -0.4 is 5.23 Å². The maximum atomic E-state index is 5.08. The van der Waals surface area contributed by atoms with Crippen LogP contribution in [0.2, 0.25) is 0 Å². The normalized spacial score (nSPS) is 9.12. The molecular formula is C4H5BN2S. The second-order valence-corrected chi connectivity index (χ2v) is 2.28. The van der Waals surface area contributed by atoms with Gasteiger partial charge in [-0.3, -0.25) is 0 Å². The van der Waals surface area contributed by atoms with Gasteiger partial charge in [0.15, 0.2) is 0 Å². The number of aromatic nitrogens is 1. The molecule has 2 nitrogen and oxygen atoms in total. The van der Waals surface area contributed by atoms with E-state index in [4.69, 9.17) is 7.98 Å². The van der Waals surface area contributed by atoms with Gasteiger partial charge in [-0.05, 0) is 24.5 Å². The topological polar surface area (TPSA) is 24.9 Å². The Labute approximate surface area is 53.5 Å². The zero-order valence-corrected chi connectivity index (χ0v) is 5.33. The minimum Gasteiger partial charge on any atom is -0.428 e. The fraction of sp³-hybridized carbons (Fsp3) is 0.250. The van der Waals surface area contributed by atoms with E-state index >= 15 is 0 Å². The lowest BCUT2D eigenvalue weighted by molar-refractivity contribution is 1.35. The van der Waals surface area contributed by atoms with Gasteiger partial charge >= 0.3 is 0 Å². The Hall–Kier alpha value is -0.505. The molecule has 1 heterocycles. The van der Waals surface area contributed by atoms with Crippen LogP contribution in [-0.4, -0.2) is 12.4 Å². The van der Waals surface area contributed by atoms with Crippen LogP contribution in [-0.2, 0) is 0 Å². The average Bonchev–Trinajstić information content (AvgIpc) is 2.14. The number of hydrogen-bond donors (Lipinski definition) is 1. The first-order valence-electron chi connectivity index (χ1n) is 2.23. The van der Waals surface area contributed by atoms with Crippen LogP contribution in [0.15, 0.2) is 6.07 Å². The summed E-state index contributed by atoms with van der Waals surface area (Å²) in [7, 11) is 5.08. The van der Waals surface area contributed by atoms with E-state index in [2.05, 4.69) is 9.60 Å². The minimum atomic E-state index is 0.905. The number of rotatable bonds is 1. The Kier molecular flexibility index (Phi) is 1.53. The molecule has 0 bridgehead atoms. The van der Waals surface area contributed by atoms with Gasteiger partial charge in [0.05, 0.1) is 10.7 Å². The van der Waals surface area contributed by atoms with Crippen LogP contribution in [0.1, 0.15) is 5.69 Å². The van der Waals surface area contributed by atoms with Gasteiger partial charge in [0.1, 0.15) is 0 Å². The van der Waals surface area contributed by atoms with Crippen LogP contribution in [0, 0.1) is 6.92 Å². The van der Waals surface area contributed by atoms with Crippen molar-refractivity contribution < 1.29 is 0 Å². The van der Waals surface area contributed by atoms with Crippen molar-refractivity contribution in [3.05, 3.63) is 11.8 Å². The lowest BCUT2D eigenvalue weighted by Gasteiger charge is -1.84. The van der Waals surface area contributed by atoms with Crippen molar-refractivity contribution in [2.24, 2.45) is 0 Å². The number of nitrogens with zero attached hydrogens (tertiary/aromatic N) is 1. The predicted octanol–water partition coefficient (Wildman–Crippen LogP) is 0.947. The average molecular weight is 124 g/mol. The molecule has 8 heavy (non-hydrogen) atoms. The van der Waals surface area contributed by atoms with E-state index in [1.807, 2.05) is 13.0 Å². The highest BCUT2D eigenvalue weighted by molar-refractivity contribution is 7.10. The van der Waals surface area contributed by atoms with Crippen molar-refractivity contribution in [1.29, 1.82) is 0 Å². The fourth-order valence-corrected chi connectivity index (χ4v) is 1.00. The van der Waals surface area contributed by atoms with Crippen LogP contribution in [0.25, 0.3) is 0 Å². The highest BCUT2D eigenvalue weighted by Gasteiger charge is 1.90. The van der Waals surface area contributed by atoms with Crippen molar-refractivity contribution in [1.82, 2.24) is 4.37 Å². The highest BCUT2D eigenvalue weighted by Crippen LogP contribution is 2.13. The molecule has 0 atom stereocenters. The van der Waals surface area contributed by atoms with Crippen LogP contribution in [0.4, 0.5) is 5.00 Å². The molecule has 0 aliphatic rings. The third-order valence-electron chi connectivity index (χ3n) is 0.770. The largest absolute Gasteiger partial charge is 0.428 e. The summed E-state index contributed by atoms with van der Waals surface area (Å²) < 4.78 is 3.99. The first-order valence-corrected chi connectivity index (χ1v) is 3.00. The van der Waals surface area contributed by atoms with E-state index in [0.717, 1.165) is 10.7 Å². The summed E-state index contributed by atoms with van der Waals surface area (Å²) in [6.07, 6.45) is 0. The van der Waals surface area contributed by atoms with Gasteiger partial charge in [-0.15, -0.1) is 0 Å². The molecule has 1 rings (SSSR count). The highest BCUT2D eigenvalue weighted by atomic mass is 32.1. The zero-order chi connectivity index (χ0) is 5.98. The lowest BCUT2D eigenvalue weighted by Crippen LogP contribution is -1.83. The Morgan fingerprint density at radius 3 is 2.88 bits per heavy atom. The van der Waals surface area contributed by atoms with E-state index in [1.165, 1.54) is 11.5 Å². The first-order chi connectivity index (χ1) is 3.83. The zero-order valence-electron chi connectivity index (χ0n) is 4.51. The third-order valence-corrected chi connectivity index (χ3v) is 1.58. The smallest absolute Gasteiger partial charge is 0.223 e. The Balaban J connectivity index is 2.84. The molecule has 0 spiro atoms. The monoisotopic (exact) mass is 124 g/mol. The molecule has 0 aliphatic heterocycles. The summed E-state index contributed by atoms with van der Waals surface area (Å²) in [5, 5.41) is 3.41. The SMILES string of the molecule is [B]Nc1cc(C)ns1. The van der Waals surface area contributed by atoms with Crippen LogP contribution in [0.3, 0.4) is 0 Å². The van der Waals surface area contributed by atoms with E-state index in [1.54, 1.807) is 0 Å². The Morgan fingerprint density at radius 1 is 1.88 bits per heavy atom. The van der Waals surface area contributed by atoms with Crippen LogP contribution >= 0.6 is 11.5 Å². The molecule has 2 radical (unpaired) electrons. The molecule has 0 aromatic carbocycles. The van der Waals surface area contributed by atoms with Crippen LogP contribution in [0.5, 0.6) is 0 Å². The molecule has 0 fully saturated rings. The second-order valence-electron chi connectivity index (χ2n) is 1.48. The quantitative estimate of drug-likeness (QED) is 0.563. The number of nitrogens with one attached hydrogen (secondary N) is 1. The molecule has 1 aromatic rings. The van der Waals surface area contributed by atoms with Crippen molar-refractivity contribution in [2.45, 2.75) is 6.92 Å². The molecule has 1 aromatic heterocycles. The Bertz CT molecular complexity index is 174. The summed E-state index contributed by atoms with van der Waals surface area (Å²) in [5.74, 6) is 0. The molecule has 1 N–H and O–H groups in total. The lowest BCUT2D eigenvalue weighted by atomic mass is 10.4. The van der Waals surface area contributed by atoms with E-state index in [0.29, 0.717) is 0 Å². The second kappa shape index (κ2) is 2.18. The summed E-state index contributed by atoms with van der Waals surface area (Å²) in [6.45, 7) is 1.93. The summed E-state index contributed by atoms with van der Waals surface area (Å²) in [4.78, 5) is 0. The van der Waals surface area contributed by atoms with Gasteiger partial charge < -0.3 is 5.23 Å². The van der Waals surface area contributed by atoms with Crippen molar-refractivity contribution in [3.63, 3.8) is 0 Å². The minimum absolute atomic E-state index is 0.905. The molecule has 4 heteroatoms. The van der Waals surface area contributed by atoms with Gasteiger partial charge in [-0.25, -0.2) is 0 Å². The van der Waals surface area contributed by atoms with Gasteiger partial charge in [-0.1, -0.05) is 0 Å². The van der Waals surface area contributed by atoms with Crippen molar-refractivity contribution >= 4 is 24.5 Å². The van der Waals surface area contributed by atoms with E-state index in [-0.39, 0.29) is 0 Å². The maximum Gasteiger partial charge on any atom is 0.223 e. The van der Waals surface area contributed by atoms with E-state index in [9.17, 15) is 0 Å². The number of anilines is 1. The molecule has 0 unspecified atom stereocenters. The fourth-order valence-electron chi connectivity index (χ4n) is 0.432.